The quantitative estimate of drug-likeness (QED) is 0.826. The maximum atomic E-state index is 11.8. The third kappa shape index (κ3) is 2.76. The molecule has 1 aromatic rings. The second-order valence-corrected chi connectivity index (χ2v) is 4.50. The molecule has 0 radical (unpaired) electrons. The van der Waals surface area contributed by atoms with Crippen molar-refractivity contribution in [1.29, 1.82) is 0 Å². The fraction of sp³-hybridized carbons (Fsp3) is 0.429. The molecule has 1 aromatic carbocycles. The highest BCUT2D eigenvalue weighted by Crippen LogP contribution is 2.32. The highest BCUT2D eigenvalue weighted by atomic mass is 16.5. The number of carbonyl (C=O) groups is 2. The van der Waals surface area contributed by atoms with E-state index in [2.05, 4.69) is 5.32 Å². The van der Waals surface area contributed by atoms with Gasteiger partial charge in [-0.25, -0.2) is 0 Å². The zero-order valence-electron chi connectivity index (χ0n) is 11.0. The Morgan fingerprint density at radius 3 is 2.32 bits per heavy atom. The minimum absolute atomic E-state index is 0.0469. The van der Waals surface area contributed by atoms with Gasteiger partial charge in [-0.1, -0.05) is 30.3 Å². The summed E-state index contributed by atoms with van der Waals surface area (Å²) in [5.41, 5.74) is 1.04. The van der Waals surface area contributed by atoms with E-state index in [1.807, 2.05) is 30.3 Å². The van der Waals surface area contributed by atoms with Crippen LogP contribution in [0, 0.1) is 5.92 Å². The second kappa shape index (κ2) is 5.84. The van der Waals surface area contributed by atoms with Crippen molar-refractivity contribution in [2.45, 2.75) is 18.5 Å². The lowest BCUT2D eigenvalue weighted by Gasteiger charge is -2.14. The summed E-state index contributed by atoms with van der Waals surface area (Å²) in [6.07, 6.45) is 0.524. The minimum Gasteiger partial charge on any atom is -0.469 e. The smallest absolute Gasteiger partial charge is 0.323 e. The van der Waals surface area contributed by atoms with Gasteiger partial charge in [0.2, 0.25) is 0 Å². The maximum absolute atomic E-state index is 11.8. The van der Waals surface area contributed by atoms with Crippen molar-refractivity contribution >= 4 is 11.9 Å². The highest BCUT2D eigenvalue weighted by molar-refractivity contribution is 5.85. The molecular weight excluding hydrogens is 246 g/mol. The molecule has 2 rings (SSSR count). The fourth-order valence-corrected chi connectivity index (χ4v) is 2.45. The molecule has 5 heteroatoms. The van der Waals surface area contributed by atoms with Crippen LogP contribution in [0.5, 0.6) is 0 Å². The molecule has 19 heavy (non-hydrogen) atoms. The molecule has 5 nitrogen and oxygen atoms in total. The van der Waals surface area contributed by atoms with Crippen molar-refractivity contribution in [1.82, 2.24) is 5.32 Å². The summed E-state index contributed by atoms with van der Waals surface area (Å²) in [6.45, 7) is 0. The van der Waals surface area contributed by atoms with E-state index in [1.165, 1.54) is 14.2 Å². The van der Waals surface area contributed by atoms with Crippen LogP contribution in [0.1, 0.15) is 18.0 Å². The Morgan fingerprint density at radius 2 is 1.74 bits per heavy atom. The minimum atomic E-state index is -0.650. The zero-order chi connectivity index (χ0) is 13.8. The predicted molar refractivity (Wildman–Crippen MR) is 68.2 cm³/mol. The number of methoxy groups -OCH3 is 2. The number of esters is 2. The van der Waals surface area contributed by atoms with Gasteiger partial charge >= 0.3 is 11.9 Å². The van der Waals surface area contributed by atoms with Crippen LogP contribution in [0.25, 0.3) is 0 Å². The zero-order valence-corrected chi connectivity index (χ0v) is 11.0. The highest BCUT2D eigenvalue weighted by Gasteiger charge is 2.44. The average Bonchev–Trinajstić information content (AvgIpc) is 2.91. The van der Waals surface area contributed by atoms with Gasteiger partial charge in [0, 0.05) is 6.04 Å². The van der Waals surface area contributed by atoms with Crippen molar-refractivity contribution in [2.75, 3.05) is 14.2 Å². The molecule has 0 unspecified atom stereocenters. The Bertz CT molecular complexity index is 436. The summed E-state index contributed by atoms with van der Waals surface area (Å²) < 4.78 is 9.49. The molecule has 1 N–H and O–H groups in total. The molecule has 3 atom stereocenters. The summed E-state index contributed by atoms with van der Waals surface area (Å²) in [5.74, 6) is -1.34. The third-order valence-corrected chi connectivity index (χ3v) is 3.43. The topological polar surface area (TPSA) is 64.6 Å². The Kier molecular flexibility index (Phi) is 4.16. The molecule has 1 heterocycles. The molecular formula is C14H17NO4. The Labute approximate surface area is 111 Å². The van der Waals surface area contributed by atoms with Gasteiger partial charge in [-0.2, -0.15) is 0 Å². The molecule has 0 saturated carbocycles. The van der Waals surface area contributed by atoms with E-state index in [0.717, 1.165) is 5.56 Å². The van der Waals surface area contributed by atoms with Crippen LogP contribution in [-0.2, 0) is 19.1 Å². The lowest BCUT2D eigenvalue weighted by Crippen LogP contribution is -2.40. The van der Waals surface area contributed by atoms with E-state index in [-0.39, 0.29) is 12.0 Å². The normalized spacial score (nSPS) is 25.9. The molecule has 1 saturated heterocycles. The van der Waals surface area contributed by atoms with Gasteiger partial charge < -0.3 is 9.47 Å². The first-order valence-corrected chi connectivity index (χ1v) is 6.14. The van der Waals surface area contributed by atoms with Crippen LogP contribution in [-0.4, -0.2) is 32.2 Å². The number of rotatable bonds is 3. The van der Waals surface area contributed by atoms with Gasteiger partial charge in [-0.15, -0.1) is 0 Å². The van der Waals surface area contributed by atoms with E-state index in [9.17, 15) is 9.59 Å². The molecule has 0 aliphatic carbocycles. The van der Waals surface area contributed by atoms with Gasteiger partial charge in [0.05, 0.1) is 20.1 Å². The second-order valence-electron chi connectivity index (χ2n) is 4.50. The lowest BCUT2D eigenvalue weighted by atomic mass is 9.96. The Hall–Kier alpha value is -1.88. The molecule has 0 bridgehead atoms. The largest absolute Gasteiger partial charge is 0.469 e. The van der Waals surface area contributed by atoms with Crippen LogP contribution in [0.15, 0.2) is 30.3 Å². The van der Waals surface area contributed by atoms with E-state index in [0.29, 0.717) is 6.42 Å². The van der Waals surface area contributed by atoms with Crippen molar-refractivity contribution < 1.29 is 19.1 Å². The lowest BCUT2D eigenvalue weighted by molar-refractivity contribution is -0.153. The van der Waals surface area contributed by atoms with Gasteiger partial charge in [0.15, 0.2) is 0 Å². The van der Waals surface area contributed by atoms with Crippen molar-refractivity contribution in [3.63, 3.8) is 0 Å². The predicted octanol–water partition coefficient (Wildman–Crippen LogP) is 1.05. The number of ether oxygens (including phenoxy) is 2. The van der Waals surface area contributed by atoms with E-state index >= 15 is 0 Å². The average molecular weight is 263 g/mol. The van der Waals surface area contributed by atoms with Crippen LogP contribution in [0.3, 0.4) is 0 Å². The molecule has 1 aliphatic heterocycles. The first kappa shape index (κ1) is 13.5. The van der Waals surface area contributed by atoms with Crippen LogP contribution < -0.4 is 5.32 Å². The first-order chi connectivity index (χ1) is 9.17. The molecule has 102 valence electrons. The Morgan fingerprint density at radius 1 is 1.11 bits per heavy atom. The monoisotopic (exact) mass is 263 g/mol. The Balaban J connectivity index is 2.20. The molecule has 0 aromatic heterocycles. The summed E-state index contributed by atoms with van der Waals surface area (Å²) >= 11 is 0. The van der Waals surface area contributed by atoms with Crippen LogP contribution in [0.2, 0.25) is 0 Å². The van der Waals surface area contributed by atoms with Gasteiger partial charge in [0.1, 0.15) is 6.04 Å². The summed E-state index contributed by atoms with van der Waals surface area (Å²) in [5, 5.41) is 3.15. The number of carbonyl (C=O) groups excluding carboxylic acids is 2. The maximum Gasteiger partial charge on any atom is 0.323 e. The number of nitrogens with one attached hydrogen (secondary N) is 1. The third-order valence-electron chi connectivity index (χ3n) is 3.43. The summed E-state index contributed by atoms with van der Waals surface area (Å²) in [4.78, 5) is 23.5. The molecule has 1 fully saturated rings. The van der Waals surface area contributed by atoms with Gasteiger partial charge in [0.25, 0.3) is 0 Å². The van der Waals surface area contributed by atoms with Crippen molar-refractivity contribution in [2.24, 2.45) is 5.92 Å². The number of benzene rings is 1. The van der Waals surface area contributed by atoms with Gasteiger partial charge in [-0.3, -0.25) is 14.9 Å². The fourth-order valence-electron chi connectivity index (χ4n) is 2.45. The molecule has 0 amide bonds. The van der Waals surface area contributed by atoms with Crippen LogP contribution in [0.4, 0.5) is 0 Å². The summed E-state index contributed by atoms with van der Waals surface area (Å²) in [7, 11) is 2.64. The molecule has 0 spiro atoms. The SMILES string of the molecule is COC(=O)[C@@H]1C[C@@H](c2ccccc2)N[C@H]1C(=O)OC. The number of hydrogen-bond acceptors (Lipinski definition) is 5. The van der Waals surface area contributed by atoms with Gasteiger partial charge in [-0.05, 0) is 12.0 Å². The van der Waals surface area contributed by atoms with Crippen molar-refractivity contribution in [3.05, 3.63) is 35.9 Å². The van der Waals surface area contributed by atoms with E-state index in [1.54, 1.807) is 0 Å². The summed E-state index contributed by atoms with van der Waals surface area (Å²) in [6, 6.07) is 9.01. The van der Waals surface area contributed by atoms with Crippen LogP contribution >= 0.6 is 0 Å². The van der Waals surface area contributed by atoms with E-state index in [4.69, 9.17) is 9.47 Å². The van der Waals surface area contributed by atoms with Crippen molar-refractivity contribution in [3.8, 4) is 0 Å². The number of hydrogen-bond donors (Lipinski definition) is 1. The first-order valence-electron chi connectivity index (χ1n) is 6.14. The standard InChI is InChI=1S/C14H17NO4/c1-18-13(16)10-8-11(9-6-4-3-5-7-9)15-12(10)14(17)19-2/h3-7,10-12,15H,8H2,1-2H3/t10-,11+,12-/m1/s1. The van der Waals surface area contributed by atoms with E-state index < -0.39 is 17.9 Å². The molecule has 1 aliphatic rings.